The third-order valence-corrected chi connectivity index (χ3v) is 3.17. The van der Waals surface area contributed by atoms with Gasteiger partial charge in [0.25, 0.3) is 5.91 Å². The van der Waals surface area contributed by atoms with Gasteiger partial charge >= 0.3 is 0 Å². The zero-order valence-electron chi connectivity index (χ0n) is 11.4. The molecule has 0 N–H and O–H groups in total. The largest absolute Gasteiger partial charge is 0.276 e. The molecule has 0 saturated carbocycles. The molecule has 101 valence electrons. The Balaban J connectivity index is 2.07. The topological polar surface area (TPSA) is 20.3 Å². The molecule has 3 aromatic carbocycles. The van der Waals surface area contributed by atoms with E-state index in [0.29, 0.717) is 5.56 Å². The van der Waals surface area contributed by atoms with E-state index in [1.807, 2.05) is 84.9 Å². The molecular weight excluding hydrogens is 258 g/mol. The molecule has 0 bridgehead atoms. The average molecular weight is 272 g/mol. The molecule has 0 saturated heterocycles. The lowest BCUT2D eigenvalue weighted by molar-refractivity contribution is 0.0999. The Morgan fingerprint density at radius 1 is 0.762 bits per heavy atom. The monoisotopic (exact) mass is 272 g/mol. The molecule has 0 fully saturated rings. The Labute approximate surface area is 124 Å². The summed E-state index contributed by atoms with van der Waals surface area (Å²) >= 11 is 0. The van der Waals surface area contributed by atoms with Gasteiger partial charge in [-0.1, -0.05) is 54.6 Å². The van der Waals surface area contributed by atoms with Crippen molar-refractivity contribution < 1.29 is 4.79 Å². The van der Waals surface area contributed by atoms with E-state index >= 15 is 0 Å². The van der Waals surface area contributed by atoms with E-state index in [0.717, 1.165) is 11.4 Å². The van der Waals surface area contributed by atoms with Crippen molar-refractivity contribution in [1.29, 1.82) is 0 Å². The second-order valence-corrected chi connectivity index (χ2v) is 4.59. The van der Waals surface area contributed by atoms with E-state index in [2.05, 4.69) is 6.07 Å². The van der Waals surface area contributed by atoms with Crippen LogP contribution in [0.2, 0.25) is 0 Å². The van der Waals surface area contributed by atoms with Crippen LogP contribution >= 0.6 is 0 Å². The third kappa shape index (κ3) is 2.84. The number of nitrogens with zero attached hydrogens (tertiary/aromatic N) is 1. The fraction of sp³-hybridized carbons (Fsp3) is 0. The van der Waals surface area contributed by atoms with Crippen molar-refractivity contribution in [2.75, 3.05) is 4.90 Å². The zero-order valence-corrected chi connectivity index (χ0v) is 11.4. The van der Waals surface area contributed by atoms with Crippen LogP contribution in [0, 0.1) is 6.07 Å². The maximum Gasteiger partial charge on any atom is 0.262 e. The van der Waals surface area contributed by atoms with Crippen molar-refractivity contribution in [2.45, 2.75) is 0 Å². The summed E-state index contributed by atoms with van der Waals surface area (Å²) in [6.45, 7) is 0. The minimum absolute atomic E-state index is 0.0655. The lowest BCUT2D eigenvalue weighted by Gasteiger charge is -2.22. The molecule has 0 heterocycles. The normalized spacial score (nSPS) is 10.1. The Hall–Kier alpha value is -2.87. The Bertz CT molecular complexity index is 669. The zero-order chi connectivity index (χ0) is 14.5. The first-order valence-electron chi connectivity index (χ1n) is 6.77. The highest BCUT2D eigenvalue weighted by Crippen LogP contribution is 2.26. The summed E-state index contributed by atoms with van der Waals surface area (Å²) in [7, 11) is 0. The highest BCUT2D eigenvalue weighted by molar-refractivity contribution is 6.10. The molecule has 1 radical (unpaired) electrons. The Kier molecular flexibility index (Phi) is 3.79. The summed E-state index contributed by atoms with van der Waals surface area (Å²) in [5.41, 5.74) is 2.21. The maximum atomic E-state index is 12.9. The first-order chi connectivity index (χ1) is 10.4. The number of hydrogen-bond acceptors (Lipinski definition) is 1. The number of carbonyl (C=O) groups excluding carboxylic acids is 1. The molecular formula is C19H14NO. The van der Waals surface area contributed by atoms with E-state index in [-0.39, 0.29) is 5.91 Å². The molecule has 2 heteroatoms. The first-order valence-corrected chi connectivity index (χ1v) is 6.77. The van der Waals surface area contributed by atoms with Gasteiger partial charge in [0.2, 0.25) is 0 Å². The van der Waals surface area contributed by atoms with Gasteiger partial charge in [0.05, 0.1) is 5.69 Å². The number of para-hydroxylation sites is 2. The van der Waals surface area contributed by atoms with Gasteiger partial charge in [0, 0.05) is 17.3 Å². The molecule has 0 spiro atoms. The van der Waals surface area contributed by atoms with Gasteiger partial charge in [-0.15, -0.1) is 0 Å². The van der Waals surface area contributed by atoms with Crippen molar-refractivity contribution >= 4 is 17.3 Å². The van der Waals surface area contributed by atoms with Crippen LogP contribution in [0.5, 0.6) is 0 Å². The summed E-state index contributed by atoms with van der Waals surface area (Å²) in [4.78, 5) is 14.5. The predicted octanol–water partition coefficient (Wildman–Crippen LogP) is 4.47. The number of benzene rings is 3. The number of amides is 1. The minimum Gasteiger partial charge on any atom is -0.276 e. The second-order valence-electron chi connectivity index (χ2n) is 4.59. The number of hydrogen-bond donors (Lipinski definition) is 0. The number of anilines is 2. The lowest BCUT2D eigenvalue weighted by atomic mass is 10.1. The standard InChI is InChI=1S/C19H14NO/c21-19(16-10-4-1-5-11-16)20(17-12-6-2-7-13-17)18-14-8-3-9-15-18/h1-14H. The van der Waals surface area contributed by atoms with Crippen molar-refractivity contribution in [2.24, 2.45) is 0 Å². The molecule has 3 aromatic rings. The van der Waals surface area contributed by atoms with E-state index in [1.54, 1.807) is 4.90 Å². The summed E-state index contributed by atoms with van der Waals surface area (Å²) in [6.07, 6.45) is 0. The second kappa shape index (κ2) is 6.06. The van der Waals surface area contributed by atoms with Crippen LogP contribution in [-0.2, 0) is 0 Å². The molecule has 0 atom stereocenters. The minimum atomic E-state index is -0.0655. The van der Waals surface area contributed by atoms with Crippen molar-refractivity contribution in [3.8, 4) is 0 Å². The van der Waals surface area contributed by atoms with Crippen molar-refractivity contribution in [1.82, 2.24) is 0 Å². The summed E-state index contributed by atoms with van der Waals surface area (Å²) < 4.78 is 0. The van der Waals surface area contributed by atoms with E-state index in [1.165, 1.54) is 0 Å². The van der Waals surface area contributed by atoms with Gasteiger partial charge in [-0.05, 0) is 30.3 Å². The molecule has 21 heavy (non-hydrogen) atoms. The van der Waals surface area contributed by atoms with Gasteiger partial charge in [-0.25, -0.2) is 0 Å². The van der Waals surface area contributed by atoms with Gasteiger partial charge in [0.1, 0.15) is 0 Å². The van der Waals surface area contributed by atoms with Crippen LogP contribution in [0.15, 0.2) is 84.9 Å². The maximum absolute atomic E-state index is 12.9. The molecule has 0 aliphatic heterocycles. The fourth-order valence-electron chi connectivity index (χ4n) is 2.18. The Morgan fingerprint density at radius 3 is 2.00 bits per heavy atom. The van der Waals surface area contributed by atoms with Gasteiger partial charge in [-0.2, -0.15) is 0 Å². The lowest BCUT2D eigenvalue weighted by Crippen LogP contribution is -2.25. The van der Waals surface area contributed by atoms with E-state index in [9.17, 15) is 4.79 Å². The summed E-state index contributed by atoms with van der Waals surface area (Å²) in [5.74, 6) is -0.0655. The predicted molar refractivity (Wildman–Crippen MR) is 84.6 cm³/mol. The molecule has 0 aromatic heterocycles. The van der Waals surface area contributed by atoms with Crippen LogP contribution < -0.4 is 4.90 Å². The molecule has 3 rings (SSSR count). The molecule has 2 nitrogen and oxygen atoms in total. The number of carbonyl (C=O) groups is 1. The molecule has 1 amide bonds. The van der Waals surface area contributed by atoms with E-state index in [4.69, 9.17) is 0 Å². The first kappa shape index (κ1) is 13.1. The third-order valence-electron chi connectivity index (χ3n) is 3.17. The highest BCUT2D eigenvalue weighted by atomic mass is 16.2. The molecule has 0 aliphatic carbocycles. The van der Waals surface area contributed by atoms with Crippen LogP contribution in [0.25, 0.3) is 0 Å². The quantitative estimate of drug-likeness (QED) is 0.689. The summed E-state index contributed by atoms with van der Waals surface area (Å²) in [5, 5.41) is 0. The van der Waals surface area contributed by atoms with Crippen molar-refractivity contribution in [3.63, 3.8) is 0 Å². The van der Waals surface area contributed by atoms with Crippen molar-refractivity contribution in [3.05, 3.63) is 96.6 Å². The van der Waals surface area contributed by atoms with Crippen LogP contribution in [0.1, 0.15) is 10.4 Å². The van der Waals surface area contributed by atoms with Gasteiger partial charge < -0.3 is 0 Å². The van der Waals surface area contributed by atoms with Crippen LogP contribution in [-0.4, -0.2) is 5.91 Å². The van der Waals surface area contributed by atoms with Crippen LogP contribution in [0.4, 0.5) is 11.4 Å². The molecule has 0 aliphatic rings. The van der Waals surface area contributed by atoms with Crippen LogP contribution in [0.3, 0.4) is 0 Å². The fourth-order valence-corrected chi connectivity index (χ4v) is 2.18. The SMILES string of the molecule is O=C(c1ccccc1)N(c1[c]cccc1)c1ccccc1. The average Bonchev–Trinajstić information content (AvgIpc) is 2.58. The summed E-state index contributed by atoms with van der Waals surface area (Å²) in [6, 6.07) is 29.5. The van der Waals surface area contributed by atoms with Gasteiger partial charge in [-0.3, -0.25) is 9.69 Å². The van der Waals surface area contributed by atoms with E-state index < -0.39 is 0 Å². The highest BCUT2D eigenvalue weighted by Gasteiger charge is 2.19. The smallest absolute Gasteiger partial charge is 0.262 e. The number of rotatable bonds is 3. The van der Waals surface area contributed by atoms with Gasteiger partial charge in [0.15, 0.2) is 0 Å². The molecule has 0 unspecified atom stereocenters. The Morgan fingerprint density at radius 2 is 1.38 bits per heavy atom.